The molecule has 8 amide bonds. The zero-order valence-corrected chi connectivity index (χ0v) is 43.3. The summed E-state index contributed by atoms with van der Waals surface area (Å²) in [6.45, 7) is 1.39. The number of aliphatic carboxylic acids is 1. The number of carboxylic acids is 1. The molecular weight excluding hydrogens is 1000 g/mol. The molecule has 1 fully saturated rings. The van der Waals surface area contributed by atoms with Crippen molar-refractivity contribution in [3.8, 4) is 0 Å². The molecule has 1 aliphatic heterocycles. The van der Waals surface area contributed by atoms with Gasteiger partial charge < -0.3 is 86.3 Å². The molecule has 0 saturated carbocycles. The summed E-state index contributed by atoms with van der Waals surface area (Å²) in [5.41, 5.74) is 28.1. The highest BCUT2D eigenvalue weighted by Gasteiger charge is 2.38. The average molecular weight is 1080 g/mol. The van der Waals surface area contributed by atoms with E-state index in [1.165, 1.54) is 17.9 Å². The number of nitrogens with two attached hydrogens (primary N) is 5. The Morgan fingerprint density at radius 2 is 1.52 bits per heavy atom. The van der Waals surface area contributed by atoms with E-state index in [0.29, 0.717) is 49.2 Å². The van der Waals surface area contributed by atoms with Gasteiger partial charge in [-0.05, 0) is 116 Å². The molecule has 418 valence electrons. The molecule has 0 unspecified atom stereocenters. The molecule has 0 aromatic heterocycles. The van der Waals surface area contributed by atoms with Crippen molar-refractivity contribution in [3.05, 3.63) is 46.6 Å². The molecule has 27 nitrogen and oxygen atoms in total. The Balaban J connectivity index is 2.28. The van der Waals surface area contributed by atoms with Gasteiger partial charge in [0.25, 0.3) is 11.8 Å². The lowest BCUT2D eigenvalue weighted by molar-refractivity contribution is -0.137. The Morgan fingerprint density at radius 3 is 2.15 bits per heavy atom. The van der Waals surface area contributed by atoms with Crippen LogP contribution in [-0.2, 0) is 49.6 Å². The van der Waals surface area contributed by atoms with Crippen LogP contribution in [0.5, 0.6) is 0 Å². The van der Waals surface area contributed by atoms with Gasteiger partial charge >= 0.3 is 5.97 Å². The van der Waals surface area contributed by atoms with E-state index in [0.717, 1.165) is 6.42 Å². The molecule has 1 saturated heterocycles. The smallest absolute Gasteiger partial charge is 0.352 e. The molecule has 2 rings (SSSR count). The number of unbranched alkanes of at least 4 members (excludes halogenated alkanes) is 2. The van der Waals surface area contributed by atoms with E-state index in [1.54, 1.807) is 31.3 Å². The molecule has 0 bridgehead atoms. The van der Waals surface area contributed by atoms with Crippen molar-refractivity contribution < 1.29 is 53.4 Å². The fraction of sp³-hybridized carbons (Fsp3) is 0.596. The fourth-order valence-electron chi connectivity index (χ4n) is 7.54. The lowest BCUT2D eigenvalue weighted by atomic mass is 10.0. The first-order chi connectivity index (χ1) is 35.7. The Morgan fingerprint density at radius 1 is 0.840 bits per heavy atom. The van der Waals surface area contributed by atoms with Gasteiger partial charge in [0, 0.05) is 31.1 Å². The van der Waals surface area contributed by atoms with Crippen molar-refractivity contribution in [2.24, 2.45) is 33.7 Å². The topological polar surface area (TPSA) is 460 Å². The summed E-state index contributed by atoms with van der Waals surface area (Å²) in [6, 6.07) is -1.24. The monoisotopic (exact) mass is 1080 g/mol. The molecule has 1 heterocycles. The third-order valence-electron chi connectivity index (χ3n) is 11.7. The molecule has 1 aromatic rings. The van der Waals surface area contributed by atoms with Crippen molar-refractivity contribution in [2.75, 3.05) is 52.9 Å². The predicted octanol–water partition coefficient (Wildman–Crippen LogP) is -4.22. The summed E-state index contributed by atoms with van der Waals surface area (Å²) in [5.74, 6) is -8.47. The van der Waals surface area contributed by atoms with E-state index >= 15 is 0 Å². The number of carbonyl (C=O) groups is 9. The minimum absolute atomic E-state index is 0.0403. The fourth-order valence-corrected chi connectivity index (χ4v) is 7.66. The number of aliphatic hydroxyl groups excluding tert-OH is 1. The van der Waals surface area contributed by atoms with Gasteiger partial charge in [0.2, 0.25) is 35.4 Å². The highest BCUT2D eigenvalue weighted by Crippen LogP contribution is 2.20. The molecule has 0 aliphatic carbocycles. The third kappa shape index (κ3) is 23.6. The summed E-state index contributed by atoms with van der Waals surface area (Å²) in [5, 5.41) is 48.2. The molecule has 0 radical (unpaired) electrons. The lowest BCUT2D eigenvalue weighted by Gasteiger charge is -2.28. The van der Waals surface area contributed by atoms with Crippen LogP contribution in [0, 0.1) is 5.41 Å². The van der Waals surface area contributed by atoms with E-state index < -0.39 is 114 Å². The molecule has 21 N–H and O–H groups in total. The minimum atomic E-state index is -1.56. The number of benzene rings is 1. The van der Waals surface area contributed by atoms with Crippen molar-refractivity contribution in [1.82, 2.24) is 47.4 Å². The summed E-state index contributed by atoms with van der Waals surface area (Å²) in [4.78, 5) is 126. The quantitative estimate of drug-likeness (QED) is 0.0135. The van der Waals surface area contributed by atoms with Crippen molar-refractivity contribution in [3.63, 3.8) is 0 Å². The summed E-state index contributed by atoms with van der Waals surface area (Å²) in [6.07, 6.45) is 2.79. The van der Waals surface area contributed by atoms with Crippen LogP contribution in [0.4, 0.5) is 0 Å². The first-order valence-corrected chi connectivity index (χ1v) is 25.2. The summed E-state index contributed by atoms with van der Waals surface area (Å²) in [7, 11) is 1.79. The second-order valence-electron chi connectivity index (χ2n) is 17.7. The maximum Gasteiger partial charge on any atom is 0.352 e. The molecule has 28 heteroatoms. The highest BCUT2D eigenvalue weighted by atomic mass is 35.5. The van der Waals surface area contributed by atoms with E-state index in [-0.39, 0.29) is 76.4 Å². The predicted molar refractivity (Wildman–Crippen MR) is 279 cm³/mol. The van der Waals surface area contributed by atoms with Gasteiger partial charge in [-0.3, -0.25) is 43.8 Å². The molecule has 1 aromatic carbocycles. The molecular formula is C47H77ClN16O11. The third-order valence-corrected chi connectivity index (χ3v) is 12.0. The number of carbonyl (C=O) groups excluding carboxylic acids is 8. The first-order valence-electron chi connectivity index (χ1n) is 24.8. The lowest BCUT2D eigenvalue weighted by Crippen LogP contribution is -2.60. The van der Waals surface area contributed by atoms with Gasteiger partial charge in [0.15, 0.2) is 5.96 Å². The van der Waals surface area contributed by atoms with E-state index in [9.17, 15) is 53.4 Å². The zero-order chi connectivity index (χ0) is 56.0. The number of aliphatic hydroxyl groups is 1. The van der Waals surface area contributed by atoms with Crippen LogP contribution in [0.1, 0.15) is 83.1 Å². The van der Waals surface area contributed by atoms with Gasteiger partial charge in [0.1, 0.15) is 41.6 Å². The van der Waals surface area contributed by atoms with Crippen LogP contribution < -0.4 is 71.2 Å². The minimum Gasteiger partial charge on any atom is -0.477 e. The normalized spacial score (nSPS) is 16.0. The molecule has 7 atom stereocenters. The van der Waals surface area contributed by atoms with Crippen LogP contribution >= 0.6 is 11.6 Å². The molecule has 1 aliphatic rings. The average Bonchev–Trinajstić information content (AvgIpc) is 3.88. The van der Waals surface area contributed by atoms with Crippen LogP contribution in [0.15, 0.2) is 41.0 Å². The number of rotatable bonds is 34. The van der Waals surface area contributed by atoms with Crippen molar-refractivity contribution in [1.29, 1.82) is 5.41 Å². The number of halogens is 1. The van der Waals surface area contributed by atoms with Crippen LogP contribution in [0.2, 0.25) is 5.02 Å². The second kappa shape index (κ2) is 34.8. The number of aliphatic imine (C=N–C) groups is 1. The number of nitrogens with zero attached hydrogens (tertiary/aromatic N) is 2. The largest absolute Gasteiger partial charge is 0.477 e. The number of likely N-dealkylation sites (tertiary alicyclic amines) is 1. The number of hydrogen-bond acceptors (Lipinski definition) is 16. The Bertz CT molecular complexity index is 2170. The van der Waals surface area contributed by atoms with Gasteiger partial charge in [-0.1, -0.05) is 36.2 Å². The molecule has 75 heavy (non-hydrogen) atoms. The number of amides is 8. The van der Waals surface area contributed by atoms with Gasteiger partial charge in [-0.15, -0.1) is 0 Å². The Hall–Kier alpha value is -6.62. The van der Waals surface area contributed by atoms with Crippen LogP contribution in [-0.4, -0.2) is 175 Å². The highest BCUT2D eigenvalue weighted by molar-refractivity contribution is 6.40. The van der Waals surface area contributed by atoms with E-state index in [1.807, 2.05) is 0 Å². The number of guanidine groups is 1. The van der Waals surface area contributed by atoms with Gasteiger partial charge in [0.05, 0.1) is 18.7 Å². The van der Waals surface area contributed by atoms with Crippen LogP contribution in [0.3, 0.4) is 0 Å². The zero-order valence-electron chi connectivity index (χ0n) is 42.6. The van der Waals surface area contributed by atoms with E-state index in [4.69, 9.17) is 45.7 Å². The van der Waals surface area contributed by atoms with Crippen molar-refractivity contribution >= 4 is 76.5 Å². The molecule has 0 spiro atoms. The number of nitrogens with one attached hydrogen (secondary N) is 9. The maximum atomic E-state index is 14.2. The van der Waals surface area contributed by atoms with Gasteiger partial charge in [-0.2, -0.15) is 0 Å². The first kappa shape index (κ1) is 64.5. The Labute approximate surface area is 440 Å². The standard InChI is InChI=1S/C47H77ClN16O11/c1-27(58-44(72)38(36(65)25-51)63-40(68)30(52)10-4-6-21-55-2)39(67)57-26-37(66)59-32(12-7-20-50)45(73)64-23-9-14-35(64)43(71)62-34(24-28-15-17-29(48)18-16-28)42(70)60-31(11-3-5-19-49)41(69)61-33(46(74)75)13-8-22-56-47(53)54/h13,15-18,27,30-31,34-36,38,55,65H,3-12,14,19-26,49-52H2,1-2H3,(H,57,67)(H,58,72)(H,60,70)(H,61,69)(H,62,71)(H,63,68)(H,74,75)(H4,53,54,56)/b33-13-,59-32+/t27-,30-,31-,34-,35-,36-,38-/m0/s1. The number of hydrogen-bond donors (Lipinski definition) is 16. The summed E-state index contributed by atoms with van der Waals surface area (Å²) >= 11 is 6.12. The van der Waals surface area contributed by atoms with Crippen molar-refractivity contribution in [2.45, 2.75) is 126 Å². The number of carboxylic acid groups (broad SMARTS) is 1. The van der Waals surface area contributed by atoms with E-state index in [2.05, 4.69) is 47.5 Å². The second-order valence-corrected chi connectivity index (χ2v) is 18.2. The summed E-state index contributed by atoms with van der Waals surface area (Å²) < 4.78 is 0. The van der Waals surface area contributed by atoms with Gasteiger partial charge in [-0.25, -0.2) is 9.79 Å². The SMILES string of the molecule is CNCCCC[C@H](N)C(=O)N[C@H](C(=O)N[C@@H](C)C(=O)NCC(=O)/N=C(\CCCN)C(=O)N1CCC[C@H]1C(=O)N[C@@H](Cc1ccc(Cl)cc1)C(=O)N[C@@H](CCCCN)C(=O)N/C(=C\CCNC(=N)N)C(=O)O)[C@@H](O)CN. The Kier molecular flexibility index (Phi) is 29.9. The maximum absolute atomic E-state index is 14.2. The van der Waals surface area contributed by atoms with Crippen LogP contribution in [0.25, 0.3) is 0 Å².